The highest BCUT2D eigenvalue weighted by Crippen LogP contribution is 2.37. The van der Waals surface area contributed by atoms with E-state index in [1.54, 1.807) is 18.2 Å². The molecule has 0 saturated heterocycles. The first-order valence-corrected chi connectivity index (χ1v) is 5.75. The molecule has 90 valence electrons. The molecule has 0 aromatic heterocycles. The molecule has 1 aliphatic rings. The average molecular weight is 234 g/mol. The van der Waals surface area contributed by atoms with Gasteiger partial charge in [-0.2, -0.15) is 5.26 Å². The second-order valence-corrected chi connectivity index (χ2v) is 4.28. The van der Waals surface area contributed by atoms with Crippen LogP contribution < -0.4 is 5.32 Å². The molecule has 1 saturated carbocycles. The van der Waals surface area contributed by atoms with E-state index in [1.165, 1.54) is 6.07 Å². The van der Waals surface area contributed by atoms with Crippen LogP contribution in [0.2, 0.25) is 0 Å². The van der Waals surface area contributed by atoms with Crippen molar-refractivity contribution < 1.29 is 9.13 Å². The topological polar surface area (TPSA) is 45.0 Å². The number of hydrogen-bond acceptors (Lipinski definition) is 3. The molecule has 3 nitrogen and oxygen atoms in total. The Bertz CT molecular complexity index is 435. The molecule has 0 spiro atoms. The molecule has 0 heterocycles. The molecule has 1 aliphatic carbocycles. The van der Waals surface area contributed by atoms with Gasteiger partial charge in [0.05, 0.1) is 17.9 Å². The zero-order valence-corrected chi connectivity index (χ0v) is 9.74. The van der Waals surface area contributed by atoms with Crippen molar-refractivity contribution in [2.24, 2.45) is 0 Å². The van der Waals surface area contributed by atoms with E-state index < -0.39 is 5.54 Å². The standard InChI is InChI=1S/C13H15FN2O/c1-2-17-10-7-13(8-10,9-15)16-12-6-4-3-5-11(12)14/h3-6,10,16H,2,7-8H2,1H3. The predicted octanol–water partition coefficient (Wildman–Crippen LogP) is 2.70. The van der Waals surface area contributed by atoms with Crippen LogP contribution in [-0.2, 0) is 4.74 Å². The minimum absolute atomic E-state index is 0.110. The smallest absolute Gasteiger partial charge is 0.146 e. The van der Waals surface area contributed by atoms with Gasteiger partial charge in [-0.1, -0.05) is 12.1 Å². The van der Waals surface area contributed by atoms with Gasteiger partial charge in [-0.25, -0.2) is 4.39 Å². The molecule has 0 atom stereocenters. The van der Waals surface area contributed by atoms with Crippen molar-refractivity contribution in [3.8, 4) is 6.07 Å². The minimum Gasteiger partial charge on any atom is -0.378 e. The number of hydrogen-bond donors (Lipinski definition) is 1. The van der Waals surface area contributed by atoms with Gasteiger partial charge in [-0.3, -0.25) is 0 Å². The fourth-order valence-electron chi connectivity index (χ4n) is 2.11. The first-order chi connectivity index (χ1) is 8.19. The Hall–Kier alpha value is -1.60. The fourth-order valence-corrected chi connectivity index (χ4v) is 2.11. The largest absolute Gasteiger partial charge is 0.378 e. The number of halogens is 1. The first-order valence-electron chi connectivity index (χ1n) is 5.75. The second kappa shape index (κ2) is 4.72. The lowest BCUT2D eigenvalue weighted by Gasteiger charge is -2.43. The SMILES string of the molecule is CCOC1CC(C#N)(Nc2ccccc2F)C1. The van der Waals surface area contributed by atoms with E-state index in [1.807, 2.05) is 6.92 Å². The van der Waals surface area contributed by atoms with Crippen molar-refractivity contribution in [3.63, 3.8) is 0 Å². The molecule has 0 bridgehead atoms. The van der Waals surface area contributed by atoms with Crippen molar-refractivity contribution in [1.29, 1.82) is 5.26 Å². The van der Waals surface area contributed by atoms with Crippen molar-refractivity contribution >= 4 is 5.69 Å². The predicted molar refractivity (Wildman–Crippen MR) is 63.0 cm³/mol. The van der Waals surface area contributed by atoms with Gasteiger partial charge in [-0.05, 0) is 19.1 Å². The number of benzene rings is 1. The monoisotopic (exact) mass is 234 g/mol. The maximum atomic E-state index is 13.5. The maximum Gasteiger partial charge on any atom is 0.146 e. The average Bonchev–Trinajstić information content (AvgIpc) is 2.29. The van der Waals surface area contributed by atoms with Gasteiger partial charge in [0.2, 0.25) is 0 Å². The summed E-state index contributed by atoms with van der Waals surface area (Å²) < 4.78 is 18.9. The summed E-state index contributed by atoms with van der Waals surface area (Å²) in [4.78, 5) is 0. The Kier molecular flexibility index (Phi) is 3.30. The normalized spacial score (nSPS) is 27.0. The van der Waals surface area contributed by atoms with E-state index in [4.69, 9.17) is 4.74 Å². The van der Waals surface area contributed by atoms with Gasteiger partial charge < -0.3 is 10.1 Å². The number of anilines is 1. The van der Waals surface area contributed by atoms with E-state index >= 15 is 0 Å². The van der Waals surface area contributed by atoms with Gasteiger partial charge in [0, 0.05) is 19.4 Å². The number of ether oxygens (including phenoxy) is 1. The third-order valence-corrected chi connectivity index (χ3v) is 3.02. The molecule has 2 rings (SSSR count). The van der Waals surface area contributed by atoms with Gasteiger partial charge in [0.15, 0.2) is 0 Å². The summed E-state index contributed by atoms with van der Waals surface area (Å²) in [5.74, 6) is -0.331. The Balaban J connectivity index is 2.04. The molecule has 1 fully saturated rings. The molecular weight excluding hydrogens is 219 g/mol. The zero-order valence-electron chi connectivity index (χ0n) is 9.74. The summed E-state index contributed by atoms with van der Waals surface area (Å²) in [7, 11) is 0. The first kappa shape index (κ1) is 11.9. The highest BCUT2D eigenvalue weighted by molar-refractivity contribution is 5.50. The molecule has 0 unspecified atom stereocenters. The molecule has 0 radical (unpaired) electrons. The number of rotatable bonds is 4. The summed E-state index contributed by atoms with van der Waals surface area (Å²) in [5, 5.41) is 12.2. The molecular formula is C13H15FN2O. The molecule has 0 aliphatic heterocycles. The van der Waals surface area contributed by atoms with E-state index in [0.29, 0.717) is 25.1 Å². The van der Waals surface area contributed by atoms with Crippen LogP contribution in [0, 0.1) is 17.1 Å². The van der Waals surface area contributed by atoms with Crippen LogP contribution >= 0.6 is 0 Å². The van der Waals surface area contributed by atoms with E-state index in [-0.39, 0.29) is 11.9 Å². The lowest BCUT2D eigenvalue weighted by molar-refractivity contribution is -0.0142. The summed E-state index contributed by atoms with van der Waals surface area (Å²) in [6.45, 7) is 2.57. The third kappa shape index (κ3) is 2.40. The summed E-state index contributed by atoms with van der Waals surface area (Å²) >= 11 is 0. The van der Waals surface area contributed by atoms with Crippen molar-refractivity contribution in [1.82, 2.24) is 0 Å². The molecule has 0 amide bonds. The lowest BCUT2D eigenvalue weighted by atomic mass is 9.75. The van der Waals surface area contributed by atoms with Crippen LogP contribution in [0.15, 0.2) is 24.3 Å². The number of para-hydroxylation sites is 1. The van der Waals surface area contributed by atoms with E-state index in [9.17, 15) is 9.65 Å². The Morgan fingerprint density at radius 3 is 2.82 bits per heavy atom. The summed E-state index contributed by atoms with van der Waals surface area (Å²) in [5.41, 5.74) is -0.300. The Morgan fingerprint density at radius 2 is 2.24 bits per heavy atom. The Morgan fingerprint density at radius 1 is 1.53 bits per heavy atom. The lowest BCUT2D eigenvalue weighted by Crippen LogP contribution is -2.53. The number of nitrogens with one attached hydrogen (secondary N) is 1. The number of nitrogens with zero attached hydrogens (tertiary/aromatic N) is 1. The highest BCUT2D eigenvalue weighted by Gasteiger charge is 2.45. The van der Waals surface area contributed by atoms with Crippen LogP contribution in [0.5, 0.6) is 0 Å². The van der Waals surface area contributed by atoms with Crippen LogP contribution in [0.25, 0.3) is 0 Å². The quantitative estimate of drug-likeness (QED) is 0.871. The molecule has 17 heavy (non-hydrogen) atoms. The van der Waals surface area contributed by atoms with Gasteiger partial charge >= 0.3 is 0 Å². The van der Waals surface area contributed by atoms with Crippen molar-refractivity contribution in [3.05, 3.63) is 30.1 Å². The van der Waals surface area contributed by atoms with Gasteiger partial charge in [0.1, 0.15) is 11.4 Å². The van der Waals surface area contributed by atoms with Crippen LogP contribution in [0.3, 0.4) is 0 Å². The van der Waals surface area contributed by atoms with Crippen molar-refractivity contribution in [2.45, 2.75) is 31.4 Å². The van der Waals surface area contributed by atoms with Crippen LogP contribution in [-0.4, -0.2) is 18.2 Å². The number of nitriles is 1. The third-order valence-electron chi connectivity index (χ3n) is 3.02. The highest BCUT2D eigenvalue weighted by atomic mass is 19.1. The minimum atomic E-state index is -0.679. The summed E-state index contributed by atoms with van der Waals surface area (Å²) in [6.07, 6.45) is 1.32. The molecule has 1 aromatic carbocycles. The van der Waals surface area contributed by atoms with Crippen LogP contribution in [0.1, 0.15) is 19.8 Å². The Labute approximate surface area is 100 Å². The van der Waals surface area contributed by atoms with Gasteiger partial charge in [0.25, 0.3) is 0 Å². The van der Waals surface area contributed by atoms with Gasteiger partial charge in [-0.15, -0.1) is 0 Å². The van der Waals surface area contributed by atoms with Crippen molar-refractivity contribution in [2.75, 3.05) is 11.9 Å². The zero-order chi connectivity index (χ0) is 12.3. The van der Waals surface area contributed by atoms with E-state index in [2.05, 4.69) is 11.4 Å². The van der Waals surface area contributed by atoms with E-state index in [0.717, 1.165) is 0 Å². The molecule has 1 aromatic rings. The maximum absolute atomic E-state index is 13.5. The van der Waals surface area contributed by atoms with Crippen LogP contribution in [0.4, 0.5) is 10.1 Å². The summed E-state index contributed by atoms with van der Waals surface area (Å²) in [6, 6.07) is 8.62. The second-order valence-electron chi connectivity index (χ2n) is 4.28. The molecule has 4 heteroatoms. The fraction of sp³-hybridized carbons (Fsp3) is 0.462. The molecule has 1 N–H and O–H groups in total.